The fourth-order valence-electron chi connectivity index (χ4n) is 4.07. The SMILES string of the molecule is O=C1CCCN1C1CCN(Cc2cc3n(n2)CCC3)CC1. The number of aryl methyl sites for hydroxylation is 2. The monoisotopic (exact) mass is 288 g/mol. The molecule has 0 atom stereocenters. The van der Waals surface area contributed by atoms with Gasteiger partial charge >= 0.3 is 0 Å². The summed E-state index contributed by atoms with van der Waals surface area (Å²) in [5, 5.41) is 4.70. The van der Waals surface area contributed by atoms with Crippen LogP contribution >= 0.6 is 0 Å². The minimum Gasteiger partial charge on any atom is -0.340 e. The van der Waals surface area contributed by atoms with E-state index in [1.807, 2.05) is 0 Å². The molecule has 5 heteroatoms. The summed E-state index contributed by atoms with van der Waals surface area (Å²) in [5.74, 6) is 0.374. The van der Waals surface area contributed by atoms with Crippen molar-refractivity contribution >= 4 is 5.91 Å². The van der Waals surface area contributed by atoms with E-state index in [0.29, 0.717) is 11.9 Å². The van der Waals surface area contributed by atoms with Crippen molar-refractivity contribution in [1.82, 2.24) is 19.6 Å². The molecule has 0 bridgehead atoms. The Morgan fingerprint density at radius 1 is 1.10 bits per heavy atom. The summed E-state index contributed by atoms with van der Waals surface area (Å²) in [7, 11) is 0. The second kappa shape index (κ2) is 5.44. The van der Waals surface area contributed by atoms with Crippen LogP contribution < -0.4 is 0 Å². The van der Waals surface area contributed by atoms with E-state index in [-0.39, 0.29) is 0 Å². The first-order valence-corrected chi connectivity index (χ1v) is 8.37. The van der Waals surface area contributed by atoms with Gasteiger partial charge in [0.15, 0.2) is 0 Å². The Labute approximate surface area is 125 Å². The topological polar surface area (TPSA) is 41.4 Å². The van der Waals surface area contributed by atoms with E-state index in [9.17, 15) is 4.79 Å². The van der Waals surface area contributed by atoms with Crippen LogP contribution in [0.15, 0.2) is 6.07 Å². The van der Waals surface area contributed by atoms with Crippen LogP contribution in [-0.4, -0.2) is 51.2 Å². The largest absolute Gasteiger partial charge is 0.340 e. The maximum absolute atomic E-state index is 11.8. The van der Waals surface area contributed by atoms with Gasteiger partial charge in [-0.1, -0.05) is 0 Å². The number of nitrogens with zero attached hydrogens (tertiary/aromatic N) is 4. The van der Waals surface area contributed by atoms with Gasteiger partial charge in [-0.15, -0.1) is 0 Å². The number of aromatic nitrogens is 2. The lowest BCUT2D eigenvalue weighted by Gasteiger charge is -2.36. The van der Waals surface area contributed by atoms with Crippen molar-refractivity contribution in [2.24, 2.45) is 0 Å². The first-order chi connectivity index (χ1) is 10.3. The van der Waals surface area contributed by atoms with Crippen LogP contribution in [0.2, 0.25) is 0 Å². The molecule has 0 N–H and O–H groups in total. The zero-order chi connectivity index (χ0) is 14.2. The molecule has 1 amide bonds. The van der Waals surface area contributed by atoms with Gasteiger partial charge in [-0.25, -0.2) is 0 Å². The van der Waals surface area contributed by atoms with Crippen molar-refractivity contribution < 1.29 is 4.79 Å². The van der Waals surface area contributed by atoms with Crippen LogP contribution in [0, 0.1) is 0 Å². The van der Waals surface area contributed by atoms with Gasteiger partial charge in [0, 0.05) is 50.9 Å². The predicted octanol–water partition coefficient (Wildman–Crippen LogP) is 1.42. The van der Waals surface area contributed by atoms with Gasteiger partial charge in [0.05, 0.1) is 5.69 Å². The third kappa shape index (κ3) is 2.59. The van der Waals surface area contributed by atoms with Gasteiger partial charge in [-0.05, 0) is 38.2 Å². The van der Waals surface area contributed by atoms with E-state index < -0.39 is 0 Å². The summed E-state index contributed by atoms with van der Waals surface area (Å²) in [6.07, 6.45) is 6.50. The molecule has 4 rings (SSSR count). The first-order valence-electron chi connectivity index (χ1n) is 8.37. The average molecular weight is 288 g/mol. The van der Waals surface area contributed by atoms with Crippen LogP contribution in [-0.2, 0) is 24.3 Å². The van der Waals surface area contributed by atoms with Crippen molar-refractivity contribution in [2.45, 2.75) is 57.7 Å². The van der Waals surface area contributed by atoms with Crippen LogP contribution in [0.3, 0.4) is 0 Å². The molecule has 1 aromatic heterocycles. The van der Waals surface area contributed by atoms with Gasteiger partial charge in [0.25, 0.3) is 0 Å². The number of rotatable bonds is 3. The van der Waals surface area contributed by atoms with Crippen molar-refractivity contribution in [3.63, 3.8) is 0 Å². The lowest BCUT2D eigenvalue weighted by molar-refractivity contribution is -0.130. The van der Waals surface area contributed by atoms with Gasteiger partial charge in [-0.3, -0.25) is 14.4 Å². The summed E-state index contributed by atoms with van der Waals surface area (Å²) >= 11 is 0. The smallest absolute Gasteiger partial charge is 0.222 e. The number of piperidine rings is 1. The summed E-state index contributed by atoms with van der Waals surface area (Å²) in [5.41, 5.74) is 2.63. The Morgan fingerprint density at radius 2 is 1.90 bits per heavy atom. The molecule has 3 aliphatic rings. The first kappa shape index (κ1) is 13.3. The van der Waals surface area contributed by atoms with E-state index in [1.165, 1.54) is 24.2 Å². The number of hydrogen-bond donors (Lipinski definition) is 0. The summed E-state index contributed by atoms with van der Waals surface area (Å²) in [6.45, 7) is 5.24. The lowest BCUT2D eigenvalue weighted by Crippen LogP contribution is -2.45. The Hall–Kier alpha value is -1.36. The maximum Gasteiger partial charge on any atom is 0.222 e. The molecule has 1 aromatic rings. The number of likely N-dealkylation sites (tertiary alicyclic amines) is 2. The summed E-state index contributed by atoms with van der Waals surface area (Å²) in [6, 6.07) is 2.77. The standard InChI is InChI=1S/C16H24N4O/c21-16-4-2-7-19(16)14-5-9-18(10-6-14)12-13-11-15-3-1-8-20(15)17-13/h11,14H,1-10,12H2. The number of carbonyl (C=O) groups excluding carboxylic acids is 1. The van der Waals surface area contributed by atoms with Crippen molar-refractivity contribution in [2.75, 3.05) is 19.6 Å². The highest BCUT2D eigenvalue weighted by Gasteiger charge is 2.30. The molecule has 0 unspecified atom stereocenters. The highest BCUT2D eigenvalue weighted by molar-refractivity contribution is 5.78. The third-order valence-electron chi connectivity index (χ3n) is 5.21. The second-order valence-corrected chi connectivity index (χ2v) is 6.65. The number of amides is 1. The molecular formula is C16H24N4O. The van der Waals surface area contributed by atoms with Crippen molar-refractivity contribution in [1.29, 1.82) is 0 Å². The minimum absolute atomic E-state index is 0.374. The maximum atomic E-state index is 11.8. The Morgan fingerprint density at radius 3 is 2.62 bits per heavy atom. The fourth-order valence-corrected chi connectivity index (χ4v) is 4.07. The summed E-state index contributed by atoms with van der Waals surface area (Å²) < 4.78 is 2.17. The summed E-state index contributed by atoms with van der Waals surface area (Å²) in [4.78, 5) is 16.4. The highest BCUT2D eigenvalue weighted by atomic mass is 16.2. The highest BCUT2D eigenvalue weighted by Crippen LogP contribution is 2.23. The normalized spacial score (nSPS) is 24.0. The van der Waals surface area contributed by atoms with E-state index >= 15 is 0 Å². The van der Waals surface area contributed by atoms with Gasteiger partial charge in [0.2, 0.25) is 5.91 Å². The van der Waals surface area contributed by atoms with Crippen LogP contribution in [0.1, 0.15) is 43.5 Å². The van der Waals surface area contributed by atoms with Crippen LogP contribution in [0.4, 0.5) is 0 Å². The fraction of sp³-hybridized carbons (Fsp3) is 0.750. The molecule has 0 spiro atoms. The molecule has 0 aliphatic carbocycles. The van der Waals surface area contributed by atoms with E-state index in [0.717, 1.165) is 58.4 Å². The van der Waals surface area contributed by atoms with E-state index in [2.05, 4.69) is 20.5 Å². The minimum atomic E-state index is 0.374. The van der Waals surface area contributed by atoms with E-state index in [4.69, 9.17) is 5.10 Å². The molecule has 0 radical (unpaired) electrons. The van der Waals surface area contributed by atoms with Crippen molar-refractivity contribution in [3.8, 4) is 0 Å². The molecule has 2 saturated heterocycles. The average Bonchev–Trinajstić information content (AvgIpc) is 3.16. The molecule has 3 aliphatic heterocycles. The van der Waals surface area contributed by atoms with Gasteiger partial charge in [-0.2, -0.15) is 5.10 Å². The Balaban J connectivity index is 1.31. The molecular weight excluding hydrogens is 264 g/mol. The Bertz CT molecular complexity index is 509. The lowest BCUT2D eigenvalue weighted by atomic mass is 10.0. The quantitative estimate of drug-likeness (QED) is 0.844. The number of fused-ring (bicyclic) bond motifs is 1. The molecule has 0 aromatic carbocycles. The second-order valence-electron chi connectivity index (χ2n) is 6.65. The molecule has 5 nitrogen and oxygen atoms in total. The zero-order valence-electron chi connectivity index (χ0n) is 12.6. The van der Waals surface area contributed by atoms with Gasteiger partial charge in [0.1, 0.15) is 0 Å². The molecule has 4 heterocycles. The van der Waals surface area contributed by atoms with Gasteiger partial charge < -0.3 is 4.90 Å². The molecule has 2 fully saturated rings. The van der Waals surface area contributed by atoms with Crippen molar-refractivity contribution in [3.05, 3.63) is 17.5 Å². The molecule has 114 valence electrons. The van der Waals surface area contributed by atoms with E-state index in [1.54, 1.807) is 0 Å². The zero-order valence-corrected chi connectivity index (χ0v) is 12.6. The number of carbonyl (C=O) groups is 1. The molecule has 21 heavy (non-hydrogen) atoms. The number of hydrogen-bond acceptors (Lipinski definition) is 3. The predicted molar refractivity (Wildman–Crippen MR) is 79.8 cm³/mol. The van der Waals surface area contributed by atoms with Crippen LogP contribution in [0.25, 0.3) is 0 Å². The van der Waals surface area contributed by atoms with Crippen LogP contribution in [0.5, 0.6) is 0 Å². The molecule has 0 saturated carbocycles. The Kier molecular flexibility index (Phi) is 3.45. The third-order valence-corrected chi connectivity index (χ3v) is 5.21.